The highest BCUT2D eigenvalue weighted by Crippen LogP contribution is 2.49. The fourth-order valence-corrected chi connectivity index (χ4v) is 6.81. The molecule has 3 N–H and O–H groups in total. The van der Waals surface area contributed by atoms with E-state index in [1.165, 1.54) is 32.1 Å². The summed E-state index contributed by atoms with van der Waals surface area (Å²) in [5.41, 5.74) is 0. The minimum absolute atomic E-state index is 0.0400. The zero-order chi connectivity index (χ0) is 19.8. The van der Waals surface area contributed by atoms with Crippen LogP contribution >= 0.6 is 0 Å². The van der Waals surface area contributed by atoms with Crippen molar-refractivity contribution in [2.75, 3.05) is 0 Å². The van der Waals surface area contributed by atoms with E-state index in [1.54, 1.807) is 0 Å². The van der Waals surface area contributed by atoms with Crippen molar-refractivity contribution in [3.05, 3.63) is 12.2 Å². The fraction of sp³-hybridized carbons (Fsp3) is 0.870. The second-order valence-electron chi connectivity index (χ2n) is 9.87. The first-order valence-corrected chi connectivity index (χ1v) is 11.5. The van der Waals surface area contributed by atoms with Crippen LogP contribution in [0.15, 0.2) is 12.2 Å². The molecular weight excluding hydrogens is 354 g/mol. The van der Waals surface area contributed by atoms with Crippen molar-refractivity contribution in [3.8, 4) is 0 Å². The molecule has 158 valence electrons. The van der Waals surface area contributed by atoms with Crippen LogP contribution in [0.5, 0.6) is 0 Å². The maximum atomic E-state index is 11.7. The molecule has 0 aromatic heterocycles. The second kappa shape index (κ2) is 8.45. The van der Waals surface area contributed by atoms with Crippen LogP contribution in [0.1, 0.15) is 71.1 Å². The number of hydrogen-bond donors (Lipinski definition) is 3. The summed E-state index contributed by atoms with van der Waals surface area (Å²) in [7, 11) is 0. The van der Waals surface area contributed by atoms with E-state index in [0.29, 0.717) is 24.3 Å². The topological polar surface area (TPSA) is 81.0 Å². The second-order valence-corrected chi connectivity index (χ2v) is 9.87. The minimum atomic E-state index is -0.712. The van der Waals surface area contributed by atoms with Crippen LogP contribution < -0.4 is 0 Å². The molecule has 0 radical (unpaired) electrons. The van der Waals surface area contributed by atoms with Crippen molar-refractivity contribution in [1.82, 2.24) is 4.90 Å². The van der Waals surface area contributed by atoms with E-state index in [1.807, 2.05) is 6.08 Å². The number of aliphatic hydroxyl groups is 2. The molecule has 2 saturated carbocycles. The summed E-state index contributed by atoms with van der Waals surface area (Å²) in [4.78, 5) is 14.0. The number of carboxylic acids is 1. The van der Waals surface area contributed by atoms with Gasteiger partial charge in [0.15, 0.2) is 0 Å². The summed E-state index contributed by atoms with van der Waals surface area (Å²) >= 11 is 0. The summed E-state index contributed by atoms with van der Waals surface area (Å²) in [5.74, 6) is 0.505. The van der Waals surface area contributed by atoms with Crippen LogP contribution in [-0.4, -0.2) is 56.5 Å². The third kappa shape index (κ3) is 3.78. The quantitative estimate of drug-likeness (QED) is 0.627. The van der Waals surface area contributed by atoms with Gasteiger partial charge < -0.3 is 15.3 Å². The number of aliphatic hydroxyl groups excluding tert-OH is 2. The Kier molecular flexibility index (Phi) is 6.15. The van der Waals surface area contributed by atoms with Crippen molar-refractivity contribution in [1.29, 1.82) is 0 Å². The number of hydrogen-bond acceptors (Lipinski definition) is 4. The van der Waals surface area contributed by atoms with Crippen molar-refractivity contribution >= 4 is 5.97 Å². The molecule has 2 aliphatic heterocycles. The summed E-state index contributed by atoms with van der Waals surface area (Å²) in [5, 5.41) is 31.1. The van der Waals surface area contributed by atoms with Gasteiger partial charge in [0, 0.05) is 18.0 Å². The molecule has 3 unspecified atom stereocenters. The van der Waals surface area contributed by atoms with Gasteiger partial charge in [-0.15, -0.1) is 0 Å². The van der Waals surface area contributed by atoms with Crippen LogP contribution in [0.25, 0.3) is 0 Å². The number of carbonyl (C=O) groups is 1. The monoisotopic (exact) mass is 391 g/mol. The Labute approximate surface area is 168 Å². The average Bonchev–Trinajstić information content (AvgIpc) is 3.20. The molecule has 4 rings (SSSR count). The average molecular weight is 392 g/mol. The first-order valence-electron chi connectivity index (χ1n) is 11.5. The summed E-state index contributed by atoms with van der Waals surface area (Å²) in [6.45, 7) is 2.16. The Balaban J connectivity index is 1.43. The molecule has 0 spiro atoms. The van der Waals surface area contributed by atoms with Gasteiger partial charge in [-0.2, -0.15) is 0 Å². The maximum absolute atomic E-state index is 11.7. The first-order chi connectivity index (χ1) is 13.5. The van der Waals surface area contributed by atoms with Gasteiger partial charge in [-0.05, 0) is 49.9 Å². The van der Waals surface area contributed by atoms with Crippen molar-refractivity contribution in [3.63, 3.8) is 0 Å². The number of aliphatic carboxylic acids is 1. The molecular formula is C23H37NO4. The zero-order valence-electron chi connectivity index (χ0n) is 17.1. The molecule has 5 nitrogen and oxygen atoms in total. The van der Waals surface area contributed by atoms with E-state index in [2.05, 4.69) is 17.9 Å². The Bertz CT molecular complexity index is 587. The van der Waals surface area contributed by atoms with Crippen LogP contribution in [0, 0.1) is 23.7 Å². The number of rotatable bonds is 5. The number of fused-ring (bicyclic) bond motifs is 3. The van der Waals surface area contributed by atoms with Gasteiger partial charge in [0.1, 0.15) is 6.04 Å². The van der Waals surface area contributed by atoms with E-state index in [9.17, 15) is 20.1 Å². The lowest BCUT2D eigenvalue weighted by atomic mass is 9.78. The van der Waals surface area contributed by atoms with E-state index < -0.39 is 18.2 Å². The van der Waals surface area contributed by atoms with Crippen molar-refractivity contribution in [2.45, 2.75) is 101 Å². The Morgan fingerprint density at radius 3 is 2.54 bits per heavy atom. The predicted molar refractivity (Wildman–Crippen MR) is 108 cm³/mol. The summed E-state index contributed by atoms with van der Waals surface area (Å²) in [6.07, 6.45) is 13.8. The smallest absolute Gasteiger partial charge is 0.320 e. The Hall–Kier alpha value is -0.910. The lowest BCUT2D eigenvalue weighted by Gasteiger charge is -2.38. The van der Waals surface area contributed by atoms with Crippen LogP contribution in [0.3, 0.4) is 0 Å². The largest absolute Gasteiger partial charge is 0.480 e. The normalized spacial score (nSPS) is 41.7. The van der Waals surface area contributed by atoms with Crippen LogP contribution in [0.4, 0.5) is 0 Å². The van der Waals surface area contributed by atoms with E-state index in [-0.39, 0.29) is 23.9 Å². The fourth-order valence-electron chi connectivity index (χ4n) is 6.81. The maximum Gasteiger partial charge on any atom is 0.320 e. The predicted octanol–water partition coefficient (Wildman–Crippen LogP) is 3.20. The molecule has 4 fully saturated rings. The van der Waals surface area contributed by atoms with Gasteiger partial charge in [0.2, 0.25) is 0 Å². The highest BCUT2D eigenvalue weighted by atomic mass is 16.4. The molecule has 2 aliphatic carbocycles. The van der Waals surface area contributed by atoms with E-state index >= 15 is 0 Å². The highest BCUT2D eigenvalue weighted by molar-refractivity contribution is 5.73. The highest BCUT2D eigenvalue weighted by Gasteiger charge is 2.55. The number of carboxylic acid groups (broad SMARTS) is 1. The Morgan fingerprint density at radius 1 is 1.07 bits per heavy atom. The molecule has 2 saturated heterocycles. The minimum Gasteiger partial charge on any atom is -0.480 e. The Morgan fingerprint density at radius 2 is 1.82 bits per heavy atom. The standard InChI is InChI=1S/C23H37NO4/c1-14(15-6-3-2-4-7-15)21(25)11-10-17-18-12-16-8-5-9-19(23(27)28)24(16)20(18)13-22(17)26/h10-11,14-22,25-26H,2-9,12-13H2,1H3,(H,27,28)/t14?,16?,17-,18-,19?,20-,21+,22-/m1/s1. The molecule has 5 heteroatoms. The summed E-state index contributed by atoms with van der Waals surface area (Å²) in [6, 6.07) is 0.129. The molecule has 0 bridgehead atoms. The number of nitrogens with zero attached hydrogens (tertiary/aromatic N) is 1. The molecule has 0 amide bonds. The third-order valence-corrected chi connectivity index (χ3v) is 8.39. The molecule has 0 aromatic carbocycles. The van der Waals surface area contributed by atoms with E-state index in [4.69, 9.17) is 0 Å². The van der Waals surface area contributed by atoms with Crippen LogP contribution in [-0.2, 0) is 4.79 Å². The molecule has 8 atom stereocenters. The summed E-state index contributed by atoms with van der Waals surface area (Å²) < 4.78 is 0. The SMILES string of the molecule is CC(C1CCCCC1)[C@@H](O)C=C[C@@H]1[C@H]2CC3CCCC(C(=O)O)N3[C@@H]2C[C@H]1O. The van der Waals surface area contributed by atoms with Crippen LogP contribution in [0.2, 0.25) is 0 Å². The zero-order valence-corrected chi connectivity index (χ0v) is 17.1. The molecule has 4 aliphatic rings. The van der Waals surface area contributed by atoms with Gasteiger partial charge in [-0.3, -0.25) is 9.69 Å². The van der Waals surface area contributed by atoms with Gasteiger partial charge in [0.05, 0.1) is 12.2 Å². The lowest BCUT2D eigenvalue weighted by molar-refractivity contribution is -0.146. The van der Waals surface area contributed by atoms with Gasteiger partial charge >= 0.3 is 5.97 Å². The third-order valence-electron chi connectivity index (χ3n) is 8.39. The lowest BCUT2D eigenvalue weighted by Crippen LogP contribution is -2.51. The first kappa shape index (κ1) is 20.4. The molecule has 28 heavy (non-hydrogen) atoms. The van der Waals surface area contributed by atoms with E-state index in [0.717, 1.165) is 25.7 Å². The molecule has 0 aromatic rings. The van der Waals surface area contributed by atoms with Crippen molar-refractivity contribution < 1.29 is 20.1 Å². The van der Waals surface area contributed by atoms with Gasteiger partial charge in [-0.1, -0.05) is 51.2 Å². The number of piperidine rings is 1. The van der Waals surface area contributed by atoms with Gasteiger partial charge in [-0.25, -0.2) is 0 Å². The van der Waals surface area contributed by atoms with Gasteiger partial charge in [0.25, 0.3) is 0 Å². The van der Waals surface area contributed by atoms with Crippen molar-refractivity contribution in [2.24, 2.45) is 23.7 Å². The molecule has 2 heterocycles.